The lowest BCUT2D eigenvalue weighted by Gasteiger charge is -2.12. The topological polar surface area (TPSA) is 68.0 Å². The van der Waals surface area contributed by atoms with Gasteiger partial charge in [-0.2, -0.15) is 0 Å². The molecule has 3 rings (SSSR count). The maximum atomic E-state index is 10.8. The van der Waals surface area contributed by atoms with E-state index in [1.54, 1.807) is 12.3 Å². The molecule has 5 nitrogen and oxygen atoms in total. The van der Waals surface area contributed by atoms with Crippen LogP contribution in [0, 0.1) is 5.92 Å². The molecule has 0 amide bonds. The minimum absolute atomic E-state index is 0.00171. The number of hydrogen-bond acceptors (Lipinski definition) is 4. The van der Waals surface area contributed by atoms with E-state index < -0.39 is 5.97 Å². The number of carbonyl (C=O) groups is 1. The summed E-state index contributed by atoms with van der Waals surface area (Å²) >= 11 is 7.20. The SMILES string of the molecule is O=C(O)CSc1nc2cc(Cl)cnc2n1CC1CCCC1. The zero-order chi connectivity index (χ0) is 14.8. The number of hydrogen-bond donors (Lipinski definition) is 1. The number of pyridine rings is 1. The molecule has 1 N–H and O–H groups in total. The molecular weight excluding hydrogens is 310 g/mol. The molecule has 2 aromatic rings. The molecule has 1 saturated carbocycles. The smallest absolute Gasteiger partial charge is 0.313 e. The van der Waals surface area contributed by atoms with Gasteiger partial charge >= 0.3 is 5.97 Å². The predicted octanol–water partition coefficient (Wildman–Crippen LogP) is 3.45. The number of nitrogens with zero attached hydrogens (tertiary/aromatic N) is 3. The van der Waals surface area contributed by atoms with E-state index in [1.807, 2.05) is 0 Å². The second kappa shape index (κ2) is 6.23. The molecule has 0 aliphatic heterocycles. The molecule has 0 bridgehead atoms. The lowest BCUT2D eigenvalue weighted by Crippen LogP contribution is -2.10. The van der Waals surface area contributed by atoms with Crippen LogP contribution in [0.25, 0.3) is 11.2 Å². The first-order valence-corrected chi connectivity index (χ1v) is 8.36. The number of imidazole rings is 1. The summed E-state index contributed by atoms with van der Waals surface area (Å²) in [5, 5.41) is 10.1. The zero-order valence-electron chi connectivity index (χ0n) is 11.5. The number of thioether (sulfide) groups is 1. The van der Waals surface area contributed by atoms with Crippen molar-refractivity contribution in [2.45, 2.75) is 37.4 Å². The van der Waals surface area contributed by atoms with Gasteiger partial charge in [0.05, 0.1) is 10.8 Å². The van der Waals surface area contributed by atoms with Crippen molar-refractivity contribution >= 4 is 40.5 Å². The Morgan fingerprint density at radius 1 is 1.48 bits per heavy atom. The van der Waals surface area contributed by atoms with Crippen molar-refractivity contribution in [1.82, 2.24) is 14.5 Å². The van der Waals surface area contributed by atoms with Gasteiger partial charge in [-0.15, -0.1) is 0 Å². The molecule has 0 unspecified atom stereocenters. The molecule has 21 heavy (non-hydrogen) atoms. The van der Waals surface area contributed by atoms with E-state index >= 15 is 0 Å². The van der Waals surface area contributed by atoms with Crippen molar-refractivity contribution in [2.75, 3.05) is 5.75 Å². The van der Waals surface area contributed by atoms with E-state index in [-0.39, 0.29) is 5.75 Å². The number of aliphatic carboxylic acids is 1. The van der Waals surface area contributed by atoms with E-state index in [1.165, 1.54) is 37.4 Å². The average Bonchev–Trinajstić information content (AvgIpc) is 3.05. The number of carboxylic acids is 1. The van der Waals surface area contributed by atoms with Crippen LogP contribution in [0.2, 0.25) is 5.02 Å². The molecule has 2 aromatic heterocycles. The van der Waals surface area contributed by atoms with Gasteiger partial charge in [-0.05, 0) is 24.8 Å². The highest BCUT2D eigenvalue weighted by Crippen LogP contribution is 2.31. The van der Waals surface area contributed by atoms with Crippen molar-refractivity contribution in [3.8, 4) is 0 Å². The lowest BCUT2D eigenvalue weighted by molar-refractivity contribution is -0.133. The Morgan fingerprint density at radius 3 is 2.95 bits per heavy atom. The fraction of sp³-hybridized carbons (Fsp3) is 0.500. The summed E-state index contributed by atoms with van der Waals surface area (Å²) in [5.74, 6) is -0.212. The molecule has 1 fully saturated rings. The fourth-order valence-electron chi connectivity index (χ4n) is 2.82. The molecule has 112 valence electrons. The molecule has 0 spiro atoms. The molecule has 2 heterocycles. The Balaban J connectivity index is 1.95. The van der Waals surface area contributed by atoms with Crippen molar-refractivity contribution in [3.63, 3.8) is 0 Å². The summed E-state index contributed by atoms with van der Waals surface area (Å²) < 4.78 is 2.05. The number of aromatic nitrogens is 3. The molecule has 0 saturated heterocycles. The molecule has 1 aliphatic rings. The van der Waals surface area contributed by atoms with Crippen LogP contribution < -0.4 is 0 Å². The van der Waals surface area contributed by atoms with E-state index in [4.69, 9.17) is 16.7 Å². The summed E-state index contributed by atoms with van der Waals surface area (Å²) in [4.78, 5) is 19.7. The molecule has 1 aliphatic carbocycles. The first-order chi connectivity index (χ1) is 10.1. The van der Waals surface area contributed by atoms with Gasteiger partial charge in [0.1, 0.15) is 5.52 Å². The molecule has 7 heteroatoms. The van der Waals surface area contributed by atoms with Gasteiger partial charge in [0.25, 0.3) is 0 Å². The molecule has 0 radical (unpaired) electrons. The third kappa shape index (κ3) is 3.32. The maximum absolute atomic E-state index is 10.8. The summed E-state index contributed by atoms with van der Waals surface area (Å²) in [6.45, 7) is 0.854. The van der Waals surface area contributed by atoms with Crippen LogP contribution >= 0.6 is 23.4 Å². The number of rotatable bonds is 5. The first-order valence-electron chi connectivity index (χ1n) is 7.00. The zero-order valence-corrected chi connectivity index (χ0v) is 13.0. The Hall–Kier alpha value is -1.27. The summed E-state index contributed by atoms with van der Waals surface area (Å²) in [6, 6.07) is 1.78. The van der Waals surface area contributed by atoms with Crippen molar-refractivity contribution < 1.29 is 9.90 Å². The van der Waals surface area contributed by atoms with Crippen LogP contribution in [0.5, 0.6) is 0 Å². The van der Waals surface area contributed by atoms with Crippen molar-refractivity contribution in [3.05, 3.63) is 17.3 Å². The van der Waals surface area contributed by atoms with E-state index in [0.29, 0.717) is 16.1 Å². The minimum Gasteiger partial charge on any atom is -0.481 e. The van der Waals surface area contributed by atoms with Crippen molar-refractivity contribution in [2.24, 2.45) is 5.92 Å². The number of fused-ring (bicyclic) bond motifs is 1. The largest absolute Gasteiger partial charge is 0.481 e. The highest BCUT2D eigenvalue weighted by Gasteiger charge is 2.20. The lowest BCUT2D eigenvalue weighted by atomic mass is 10.1. The average molecular weight is 326 g/mol. The Morgan fingerprint density at radius 2 is 2.24 bits per heavy atom. The predicted molar refractivity (Wildman–Crippen MR) is 82.9 cm³/mol. The summed E-state index contributed by atoms with van der Waals surface area (Å²) in [7, 11) is 0. The van der Waals surface area contributed by atoms with Gasteiger partial charge < -0.3 is 9.67 Å². The van der Waals surface area contributed by atoms with Gasteiger partial charge in [-0.3, -0.25) is 4.79 Å². The van der Waals surface area contributed by atoms with Gasteiger partial charge in [-0.1, -0.05) is 36.2 Å². The van der Waals surface area contributed by atoms with Crippen LogP contribution in [-0.2, 0) is 11.3 Å². The fourth-order valence-corrected chi connectivity index (χ4v) is 3.70. The Labute approximate surface area is 131 Å². The third-order valence-electron chi connectivity index (χ3n) is 3.76. The standard InChI is InChI=1S/C14H16ClN3O2S/c15-10-5-11-13(16-6-10)18(7-9-3-1-2-4-9)14(17-11)21-8-12(19)20/h5-6,9H,1-4,7-8H2,(H,19,20). The van der Waals surface area contributed by atoms with E-state index in [9.17, 15) is 4.79 Å². The molecular formula is C14H16ClN3O2S. The summed E-state index contributed by atoms with van der Waals surface area (Å²) in [5.41, 5.74) is 1.52. The molecule has 0 aromatic carbocycles. The van der Waals surface area contributed by atoms with Crippen LogP contribution in [-0.4, -0.2) is 31.4 Å². The van der Waals surface area contributed by atoms with Gasteiger partial charge in [-0.25, -0.2) is 9.97 Å². The Kier molecular flexibility index (Phi) is 4.35. The van der Waals surface area contributed by atoms with E-state index in [0.717, 1.165) is 17.7 Å². The second-order valence-corrected chi connectivity index (χ2v) is 6.71. The normalized spacial score (nSPS) is 15.9. The quantitative estimate of drug-likeness (QED) is 0.853. The maximum Gasteiger partial charge on any atom is 0.313 e. The number of halogens is 1. The van der Waals surface area contributed by atoms with Crippen LogP contribution in [0.4, 0.5) is 0 Å². The Bertz CT molecular complexity index is 668. The van der Waals surface area contributed by atoms with Gasteiger partial charge in [0, 0.05) is 12.7 Å². The van der Waals surface area contributed by atoms with Gasteiger partial charge in [0.15, 0.2) is 10.8 Å². The van der Waals surface area contributed by atoms with Crippen LogP contribution in [0.15, 0.2) is 17.4 Å². The third-order valence-corrected chi connectivity index (χ3v) is 4.92. The van der Waals surface area contributed by atoms with Crippen molar-refractivity contribution in [1.29, 1.82) is 0 Å². The first kappa shape index (κ1) is 14.7. The minimum atomic E-state index is -0.842. The second-order valence-electron chi connectivity index (χ2n) is 5.33. The summed E-state index contributed by atoms with van der Waals surface area (Å²) in [6.07, 6.45) is 6.59. The highest BCUT2D eigenvalue weighted by atomic mass is 35.5. The number of carboxylic acid groups (broad SMARTS) is 1. The van der Waals surface area contributed by atoms with Crippen LogP contribution in [0.1, 0.15) is 25.7 Å². The molecule has 0 atom stereocenters. The monoisotopic (exact) mass is 325 g/mol. The van der Waals surface area contributed by atoms with E-state index in [2.05, 4.69) is 14.5 Å². The van der Waals surface area contributed by atoms with Gasteiger partial charge in [0.2, 0.25) is 0 Å². The highest BCUT2D eigenvalue weighted by molar-refractivity contribution is 7.99. The van der Waals surface area contributed by atoms with Crippen LogP contribution in [0.3, 0.4) is 0 Å².